The van der Waals surface area contributed by atoms with Gasteiger partial charge in [-0.25, -0.2) is 0 Å². The van der Waals surface area contributed by atoms with Gasteiger partial charge >= 0.3 is 5.97 Å². The Morgan fingerprint density at radius 2 is 1.89 bits per heavy atom. The van der Waals surface area contributed by atoms with Crippen LogP contribution in [0.15, 0.2) is 54.6 Å². The van der Waals surface area contributed by atoms with Crippen LogP contribution in [0.4, 0.5) is 5.69 Å². The lowest BCUT2D eigenvalue weighted by atomic mass is 10.0. The monoisotopic (exact) mass is 361 g/mol. The molecule has 1 aliphatic heterocycles. The van der Waals surface area contributed by atoms with Crippen LogP contribution in [0, 0.1) is 0 Å². The second-order valence-corrected chi connectivity index (χ2v) is 6.51. The van der Waals surface area contributed by atoms with Gasteiger partial charge in [-0.2, -0.15) is 0 Å². The second kappa shape index (κ2) is 6.76. The summed E-state index contributed by atoms with van der Waals surface area (Å²) in [6, 6.07) is 16.9. The molecule has 3 aromatic rings. The van der Waals surface area contributed by atoms with E-state index >= 15 is 0 Å². The summed E-state index contributed by atoms with van der Waals surface area (Å²) in [7, 11) is 0. The first-order valence-electron chi connectivity index (χ1n) is 8.88. The number of hydrogen-bond acceptors (Lipinski definition) is 3. The van der Waals surface area contributed by atoms with E-state index < -0.39 is 5.97 Å². The zero-order valence-corrected chi connectivity index (χ0v) is 14.9. The van der Waals surface area contributed by atoms with Crippen LogP contribution in [0.5, 0.6) is 5.75 Å². The third-order valence-corrected chi connectivity index (χ3v) is 4.79. The van der Waals surface area contributed by atoms with Crippen molar-refractivity contribution in [3.8, 4) is 5.75 Å². The topological polar surface area (TPSA) is 66.8 Å². The van der Waals surface area contributed by atoms with Gasteiger partial charge in [-0.15, -0.1) is 0 Å². The fourth-order valence-corrected chi connectivity index (χ4v) is 3.57. The fraction of sp³-hybridized carbons (Fsp3) is 0.182. The molecule has 1 N–H and O–H groups in total. The number of amides is 1. The van der Waals surface area contributed by atoms with Gasteiger partial charge in [0.1, 0.15) is 5.75 Å². The Morgan fingerprint density at radius 3 is 2.59 bits per heavy atom. The van der Waals surface area contributed by atoms with Crippen LogP contribution in [0.25, 0.3) is 10.8 Å². The maximum absolute atomic E-state index is 13.0. The first-order chi connectivity index (χ1) is 13.1. The third kappa shape index (κ3) is 3.01. The quantitative estimate of drug-likeness (QED) is 0.745. The van der Waals surface area contributed by atoms with Crippen molar-refractivity contribution in [2.24, 2.45) is 0 Å². The number of anilines is 1. The molecule has 1 amide bonds. The second-order valence-electron chi connectivity index (χ2n) is 6.51. The van der Waals surface area contributed by atoms with Crippen molar-refractivity contribution in [2.45, 2.75) is 19.9 Å². The van der Waals surface area contributed by atoms with E-state index in [2.05, 4.69) is 0 Å². The SMILES string of the molecule is CCOc1c2c(cc3ccccc13)C(=O)N(c1ccc(CC(=O)O)cc1)C2. The molecule has 0 fully saturated rings. The molecule has 0 atom stereocenters. The van der Waals surface area contributed by atoms with Crippen molar-refractivity contribution < 1.29 is 19.4 Å². The molecule has 27 heavy (non-hydrogen) atoms. The van der Waals surface area contributed by atoms with Crippen molar-refractivity contribution >= 4 is 28.3 Å². The van der Waals surface area contributed by atoms with Crippen LogP contribution < -0.4 is 9.64 Å². The number of ether oxygens (including phenoxy) is 1. The van der Waals surface area contributed by atoms with Crippen molar-refractivity contribution in [3.05, 3.63) is 71.3 Å². The number of carbonyl (C=O) groups excluding carboxylic acids is 1. The molecule has 136 valence electrons. The smallest absolute Gasteiger partial charge is 0.307 e. The summed E-state index contributed by atoms with van der Waals surface area (Å²) in [4.78, 5) is 25.6. The predicted octanol–water partition coefficient (Wildman–Crippen LogP) is 4.03. The molecule has 0 radical (unpaired) electrons. The number of nitrogens with zero attached hydrogens (tertiary/aromatic N) is 1. The van der Waals surface area contributed by atoms with Gasteiger partial charge in [0.05, 0.1) is 19.6 Å². The predicted molar refractivity (Wildman–Crippen MR) is 103 cm³/mol. The van der Waals surface area contributed by atoms with E-state index in [1.54, 1.807) is 29.2 Å². The lowest BCUT2D eigenvalue weighted by Crippen LogP contribution is -2.22. The third-order valence-electron chi connectivity index (χ3n) is 4.79. The number of carboxylic acid groups (broad SMARTS) is 1. The molecule has 5 nitrogen and oxygen atoms in total. The summed E-state index contributed by atoms with van der Waals surface area (Å²) >= 11 is 0. The summed E-state index contributed by atoms with van der Waals surface area (Å²) in [5.74, 6) is -0.174. The van der Waals surface area contributed by atoms with E-state index in [0.717, 1.165) is 27.8 Å². The molecule has 4 rings (SSSR count). The molecule has 0 aliphatic carbocycles. The molecule has 0 bridgehead atoms. The van der Waals surface area contributed by atoms with Gasteiger partial charge < -0.3 is 14.7 Å². The molecule has 0 unspecified atom stereocenters. The highest BCUT2D eigenvalue weighted by Crippen LogP contribution is 2.39. The van der Waals surface area contributed by atoms with E-state index in [1.807, 2.05) is 37.3 Å². The minimum absolute atomic E-state index is 0.0334. The molecule has 0 aromatic heterocycles. The highest BCUT2D eigenvalue weighted by Gasteiger charge is 2.32. The Bertz CT molecular complexity index is 1040. The van der Waals surface area contributed by atoms with E-state index in [4.69, 9.17) is 9.84 Å². The van der Waals surface area contributed by atoms with E-state index in [-0.39, 0.29) is 12.3 Å². The van der Waals surface area contributed by atoms with Crippen LogP contribution in [0.2, 0.25) is 0 Å². The van der Waals surface area contributed by atoms with Gasteiger partial charge in [0.2, 0.25) is 0 Å². The number of benzene rings is 3. The molecule has 1 heterocycles. The average molecular weight is 361 g/mol. The van der Waals surface area contributed by atoms with Crippen LogP contribution in [0.3, 0.4) is 0 Å². The zero-order valence-electron chi connectivity index (χ0n) is 14.9. The molecule has 5 heteroatoms. The summed E-state index contributed by atoms with van der Waals surface area (Å²) in [5, 5.41) is 10.9. The Hall–Kier alpha value is -3.34. The summed E-state index contributed by atoms with van der Waals surface area (Å²) in [5.41, 5.74) is 3.01. The number of fused-ring (bicyclic) bond motifs is 2. The van der Waals surface area contributed by atoms with Gasteiger partial charge in [-0.05, 0) is 36.1 Å². The van der Waals surface area contributed by atoms with Crippen molar-refractivity contribution in [3.63, 3.8) is 0 Å². The van der Waals surface area contributed by atoms with Gasteiger partial charge in [-0.1, -0.05) is 36.4 Å². The highest BCUT2D eigenvalue weighted by molar-refractivity contribution is 6.13. The lowest BCUT2D eigenvalue weighted by molar-refractivity contribution is -0.136. The average Bonchev–Trinajstić information content (AvgIpc) is 2.99. The van der Waals surface area contributed by atoms with Crippen LogP contribution in [0.1, 0.15) is 28.4 Å². The molecule has 0 saturated carbocycles. The molecular formula is C22H19NO4. The largest absolute Gasteiger partial charge is 0.493 e. The molecule has 0 saturated heterocycles. The van der Waals surface area contributed by atoms with Crippen LogP contribution in [-0.2, 0) is 17.8 Å². The van der Waals surface area contributed by atoms with Gasteiger partial charge in [0, 0.05) is 22.2 Å². The number of aliphatic carboxylic acids is 1. The number of carbonyl (C=O) groups is 2. The normalized spacial score (nSPS) is 13.1. The minimum atomic E-state index is -0.875. The Kier molecular flexibility index (Phi) is 4.28. The van der Waals surface area contributed by atoms with Crippen molar-refractivity contribution in [2.75, 3.05) is 11.5 Å². The standard InChI is InChI=1S/C22H19NO4/c1-2-27-21-17-6-4-3-5-15(17)12-18-19(21)13-23(22(18)26)16-9-7-14(8-10-16)11-20(24)25/h3-10,12H,2,11,13H2,1H3,(H,24,25). The minimum Gasteiger partial charge on any atom is -0.493 e. The van der Waals surface area contributed by atoms with Gasteiger partial charge in [0.15, 0.2) is 0 Å². The lowest BCUT2D eigenvalue weighted by Gasteiger charge is -2.16. The molecule has 3 aromatic carbocycles. The Labute approximate surface area is 156 Å². The number of carboxylic acids is 1. The summed E-state index contributed by atoms with van der Waals surface area (Å²) < 4.78 is 5.91. The van der Waals surface area contributed by atoms with Gasteiger partial charge in [0.25, 0.3) is 5.91 Å². The van der Waals surface area contributed by atoms with E-state index in [1.165, 1.54) is 0 Å². The molecule has 0 spiro atoms. The number of hydrogen-bond donors (Lipinski definition) is 1. The van der Waals surface area contributed by atoms with Crippen molar-refractivity contribution in [1.29, 1.82) is 0 Å². The zero-order chi connectivity index (χ0) is 19.0. The van der Waals surface area contributed by atoms with E-state index in [9.17, 15) is 9.59 Å². The number of rotatable bonds is 5. The maximum atomic E-state index is 13.0. The van der Waals surface area contributed by atoms with Crippen molar-refractivity contribution in [1.82, 2.24) is 0 Å². The van der Waals surface area contributed by atoms with Crippen LogP contribution in [-0.4, -0.2) is 23.6 Å². The van der Waals surface area contributed by atoms with E-state index in [0.29, 0.717) is 24.3 Å². The summed E-state index contributed by atoms with van der Waals surface area (Å²) in [6.07, 6.45) is -0.0334. The Balaban J connectivity index is 1.74. The first-order valence-corrected chi connectivity index (χ1v) is 8.88. The maximum Gasteiger partial charge on any atom is 0.307 e. The van der Waals surface area contributed by atoms with Crippen LogP contribution >= 0.6 is 0 Å². The summed E-state index contributed by atoms with van der Waals surface area (Å²) in [6.45, 7) is 2.90. The fourth-order valence-electron chi connectivity index (χ4n) is 3.57. The molecule has 1 aliphatic rings. The Morgan fingerprint density at radius 1 is 1.15 bits per heavy atom. The molecular weight excluding hydrogens is 342 g/mol. The highest BCUT2D eigenvalue weighted by atomic mass is 16.5. The van der Waals surface area contributed by atoms with Gasteiger partial charge in [-0.3, -0.25) is 9.59 Å². The first kappa shape index (κ1) is 17.1.